The summed E-state index contributed by atoms with van der Waals surface area (Å²) in [5.74, 6) is 0.624. The van der Waals surface area contributed by atoms with Gasteiger partial charge in [0.2, 0.25) is 0 Å². The number of benzene rings is 2. The zero-order chi connectivity index (χ0) is 13.7. The quantitative estimate of drug-likeness (QED) is 0.837. The minimum Gasteiger partial charge on any atom is -0.324 e. The Morgan fingerprint density at radius 1 is 0.895 bits per heavy atom. The van der Waals surface area contributed by atoms with E-state index in [1.54, 1.807) is 0 Å². The largest absolute Gasteiger partial charge is 0.324 e. The first-order valence-corrected chi connectivity index (χ1v) is 7.10. The molecule has 19 heavy (non-hydrogen) atoms. The molecule has 0 saturated heterocycles. The van der Waals surface area contributed by atoms with Crippen molar-refractivity contribution in [2.45, 2.75) is 38.6 Å². The van der Waals surface area contributed by atoms with Crippen molar-refractivity contribution in [2.24, 2.45) is 5.73 Å². The van der Waals surface area contributed by atoms with Crippen molar-refractivity contribution in [2.75, 3.05) is 0 Å². The summed E-state index contributed by atoms with van der Waals surface area (Å²) in [6.45, 7) is 4.48. The highest BCUT2D eigenvalue weighted by Gasteiger charge is 2.08. The molecule has 1 heteroatoms. The van der Waals surface area contributed by atoms with Gasteiger partial charge in [0, 0.05) is 6.04 Å². The van der Waals surface area contributed by atoms with Gasteiger partial charge in [0.05, 0.1) is 0 Å². The molecule has 0 aliphatic rings. The third-order valence-electron chi connectivity index (χ3n) is 3.84. The standard InChI is InChI=1S/C18H23N/c1-3-14(2)16-9-11-17(12-10-16)18(19)13-15-7-5-4-6-8-15/h4-12,14,18H,3,13,19H2,1-2H3. The van der Waals surface area contributed by atoms with Gasteiger partial charge in [-0.05, 0) is 35.4 Å². The average molecular weight is 253 g/mol. The van der Waals surface area contributed by atoms with Gasteiger partial charge in [-0.15, -0.1) is 0 Å². The lowest BCUT2D eigenvalue weighted by molar-refractivity contribution is 0.712. The summed E-state index contributed by atoms with van der Waals surface area (Å²) in [7, 11) is 0. The summed E-state index contributed by atoms with van der Waals surface area (Å²) in [6, 6.07) is 19.3. The van der Waals surface area contributed by atoms with E-state index in [1.807, 2.05) is 6.07 Å². The second kappa shape index (κ2) is 6.53. The predicted octanol–water partition coefficient (Wildman–Crippen LogP) is 4.44. The molecule has 100 valence electrons. The first kappa shape index (κ1) is 13.8. The van der Waals surface area contributed by atoms with Crippen LogP contribution in [-0.2, 0) is 6.42 Å². The van der Waals surface area contributed by atoms with Gasteiger partial charge in [-0.1, -0.05) is 68.4 Å². The van der Waals surface area contributed by atoms with Gasteiger partial charge in [0.1, 0.15) is 0 Å². The smallest absolute Gasteiger partial charge is 0.0335 e. The molecule has 0 radical (unpaired) electrons. The normalized spacial score (nSPS) is 14.1. The van der Waals surface area contributed by atoms with Crippen molar-refractivity contribution >= 4 is 0 Å². The van der Waals surface area contributed by atoms with Crippen molar-refractivity contribution < 1.29 is 0 Å². The highest BCUT2D eigenvalue weighted by molar-refractivity contribution is 5.28. The van der Waals surface area contributed by atoms with Crippen LogP contribution in [-0.4, -0.2) is 0 Å². The summed E-state index contributed by atoms with van der Waals surface area (Å²) in [4.78, 5) is 0. The first-order valence-electron chi connectivity index (χ1n) is 7.10. The van der Waals surface area contributed by atoms with Crippen LogP contribution in [0.3, 0.4) is 0 Å². The van der Waals surface area contributed by atoms with Gasteiger partial charge in [0.15, 0.2) is 0 Å². The van der Waals surface area contributed by atoms with Crippen molar-refractivity contribution in [3.63, 3.8) is 0 Å². The SMILES string of the molecule is CCC(C)c1ccc(C(N)Cc2ccccc2)cc1. The van der Waals surface area contributed by atoms with E-state index in [0.29, 0.717) is 5.92 Å². The zero-order valence-electron chi connectivity index (χ0n) is 11.8. The Kier molecular flexibility index (Phi) is 4.75. The van der Waals surface area contributed by atoms with Crippen molar-refractivity contribution in [1.82, 2.24) is 0 Å². The van der Waals surface area contributed by atoms with Crippen molar-refractivity contribution in [3.05, 3.63) is 71.3 Å². The maximum atomic E-state index is 6.29. The summed E-state index contributed by atoms with van der Waals surface area (Å²) in [5, 5.41) is 0. The molecule has 2 atom stereocenters. The van der Waals surface area contributed by atoms with Crippen LogP contribution in [0.2, 0.25) is 0 Å². The van der Waals surface area contributed by atoms with Crippen molar-refractivity contribution in [1.29, 1.82) is 0 Å². The fraction of sp³-hybridized carbons (Fsp3) is 0.333. The van der Waals surface area contributed by atoms with E-state index in [-0.39, 0.29) is 6.04 Å². The lowest BCUT2D eigenvalue weighted by Crippen LogP contribution is -2.13. The molecule has 1 nitrogen and oxygen atoms in total. The van der Waals surface area contributed by atoms with Crippen LogP contribution in [0.5, 0.6) is 0 Å². The summed E-state index contributed by atoms with van der Waals surface area (Å²) in [6.07, 6.45) is 2.07. The van der Waals surface area contributed by atoms with E-state index >= 15 is 0 Å². The minimum atomic E-state index is 0.0772. The van der Waals surface area contributed by atoms with Gasteiger partial charge < -0.3 is 5.73 Å². The van der Waals surface area contributed by atoms with E-state index in [1.165, 1.54) is 23.1 Å². The fourth-order valence-electron chi connectivity index (χ4n) is 2.29. The molecular formula is C18H23N. The number of rotatable bonds is 5. The van der Waals surface area contributed by atoms with Crippen LogP contribution in [0.1, 0.15) is 48.9 Å². The summed E-state index contributed by atoms with van der Waals surface area (Å²) in [5.41, 5.74) is 10.2. The molecule has 2 aromatic rings. The average Bonchev–Trinajstić information content (AvgIpc) is 2.47. The van der Waals surface area contributed by atoms with Gasteiger partial charge in [0.25, 0.3) is 0 Å². The van der Waals surface area contributed by atoms with E-state index in [2.05, 4.69) is 62.4 Å². The Hall–Kier alpha value is -1.60. The second-order valence-electron chi connectivity index (χ2n) is 5.27. The van der Waals surface area contributed by atoms with E-state index in [4.69, 9.17) is 5.73 Å². The van der Waals surface area contributed by atoms with E-state index in [9.17, 15) is 0 Å². The molecule has 0 amide bonds. The van der Waals surface area contributed by atoms with Crippen molar-refractivity contribution in [3.8, 4) is 0 Å². The van der Waals surface area contributed by atoms with Gasteiger partial charge in [-0.25, -0.2) is 0 Å². The zero-order valence-corrected chi connectivity index (χ0v) is 11.8. The predicted molar refractivity (Wildman–Crippen MR) is 82.2 cm³/mol. The number of hydrogen-bond donors (Lipinski definition) is 1. The maximum Gasteiger partial charge on any atom is 0.0335 e. The van der Waals surface area contributed by atoms with Gasteiger partial charge in [-0.3, -0.25) is 0 Å². The molecule has 0 aliphatic carbocycles. The Balaban J connectivity index is 2.05. The summed E-state index contributed by atoms with van der Waals surface area (Å²) < 4.78 is 0. The molecule has 2 aromatic carbocycles. The molecule has 2 unspecified atom stereocenters. The minimum absolute atomic E-state index is 0.0772. The molecule has 2 N–H and O–H groups in total. The van der Waals surface area contributed by atoms with E-state index in [0.717, 1.165) is 6.42 Å². The monoisotopic (exact) mass is 253 g/mol. The highest BCUT2D eigenvalue weighted by atomic mass is 14.6. The number of hydrogen-bond acceptors (Lipinski definition) is 1. The third kappa shape index (κ3) is 3.68. The molecule has 0 spiro atoms. The van der Waals surface area contributed by atoms with Gasteiger partial charge in [-0.2, -0.15) is 0 Å². The van der Waals surface area contributed by atoms with Crippen LogP contribution < -0.4 is 5.73 Å². The Labute approximate surface area is 116 Å². The molecule has 0 bridgehead atoms. The second-order valence-corrected chi connectivity index (χ2v) is 5.27. The molecular weight excluding hydrogens is 230 g/mol. The van der Waals surface area contributed by atoms with Crippen LogP contribution in [0.4, 0.5) is 0 Å². The summed E-state index contributed by atoms with van der Waals surface area (Å²) >= 11 is 0. The molecule has 2 rings (SSSR count). The lowest BCUT2D eigenvalue weighted by Gasteiger charge is -2.14. The molecule has 0 aromatic heterocycles. The van der Waals surface area contributed by atoms with Crippen LogP contribution in [0.15, 0.2) is 54.6 Å². The highest BCUT2D eigenvalue weighted by Crippen LogP contribution is 2.22. The Bertz CT molecular complexity index is 487. The lowest BCUT2D eigenvalue weighted by atomic mass is 9.94. The van der Waals surface area contributed by atoms with E-state index < -0.39 is 0 Å². The topological polar surface area (TPSA) is 26.0 Å². The van der Waals surface area contributed by atoms with Gasteiger partial charge >= 0.3 is 0 Å². The maximum absolute atomic E-state index is 6.29. The van der Waals surface area contributed by atoms with Crippen LogP contribution in [0.25, 0.3) is 0 Å². The molecule has 0 saturated carbocycles. The Morgan fingerprint density at radius 2 is 1.47 bits per heavy atom. The molecule has 0 heterocycles. The third-order valence-corrected chi connectivity index (χ3v) is 3.84. The fourth-order valence-corrected chi connectivity index (χ4v) is 2.29. The first-order chi connectivity index (χ1) is 9.20. The number of nitrogens with two attached hydrogens (primary N) is 1. The molecule has 0 fully saturated rings. The van der Waals surface area contributed by atoms with Crippen LogP contribution in [0, 0.1) is 0 Å². The van der Waals surface area contributed by atoms with Crippen LogP contribution >= 0.6 is 0 Å². The molecule has 0 aliphatic heterocycles. The Morgan fingerprint density at radius 3 is 2.05 bits per heavy atom.